The zero-order chi connectivity index (χ0) is 16.4. The van der Waals surface area contributed by atoms with E-state index < -0.39 is 0 Å². The van der Waals surface area contributed by atoms with Gasteiger partial charge in [-0.05, 0) is 31.2 Å². The number of rotatable bonds is 2. The monoisotopic (exact) mass is 316 g/mol. The van der Waals surface area contributed by atoms with E-state index in [2.05, 4.69) is 10.7 Å². The van der Waals surface area contributed by atoms with E-state index in [1.54, 1.807) is 24.3 Å². The molecule has 122 valence electrons. The highest BCUT2D eigenvalue weighted by Crippen LogP contribution is 2.19. The number of nitrogens with one attached hydrogen (secondary N) is 2. The van der Waals surface area contributed by atoms with Crippen molar-refractivity contribution in [3.05, 3.63) is 29.8 Å². The summed E-state index contributed by atoms with van der Waals surface area (Å²) in [6.07, 6.45) is 0.414. The number of anilines is 1. The van der Waals surface area contributed by atoms with Crippen LogP contribution in [0.5, 0.6) is 0 Å². The predicted octanol–water partition coefficient (Wildman–Crippen LogP) is 0.278. The molecule has 1 aromatic rings. The van der Waals surface area contributed by atoms with Gasteiger partial charge in [-0.25, -0.2) is 5.01 Å². The lowest BCUT2D eigenvalue weighted by Crippen LogP contribution is -2.52. The summed E-state index contributed by atoms with van der Waals surface area (Å²) in [6.45, 7) is 4.28. The zero-order valence-electron chi connectivity index (χ0n) is 13.0. The standard InChI is InChI=1S/C16H20N4O3/c1-11-10-17-8-9-19(11)16(23)12-2-4-13(5-3-12)20-15(22)7-6-14(21)18-20/h2-5,11,17H,6-10H2,1H3,(H,18,21)/t11-/m0/s1. The third-order valence-corrected chi connectivity index (χ3v) is 4.19. The Labute approximate surface area is 134 Å². The molecule has 0 unspecified atom stereocenters. The molecule has 0 saturated carbocycles. The van der Waals surface area contributed by atoms with Gasteiger partial charge >= 0.3 is 0 Å². The van der Waals surface area contributed by atoms with Crippen LogP contribution in [-0.2, 0) is 9.59 Å². The molecule has 2 fully saturated rings. The fraction of sp³-hybridized carbons (Fsp3) is 0.438. The molecule has 0 bridgehead atoms. The van der Waals surface area contributed by atoms with Crippen LogP contribution in [0.2, 0.25) is 0 Å². The first-order valence-electron chi connectivity index (χ1n) is 7.80. The smallest absolute Gasteiger partial charge is 0.254 e. The van der Waals surface area contributed by atoms with E-state index in [0.29, 0.717) is 17.8 Å². The average Bonchev–Trinajstić information content (AvgIpc) is 2.57. The normalized spacial score (nSPS) is 22.0. The number of nitrogens with zero attached hydrogens (tertiary/aromatic N) is 2. The maximum atomic E-state index is 12.6. The fourth-order valence-corrected chi connectivity index (χ4v) is 2.85. The van der Waals surface area contributed by atoms with Gasteiger partial charge in [0, 0.05) is 44.1 Å². The molecule has 2 N–H and O–H groups in total. The van der Waals surface area contributed by atoms with Crippen LogP contribution >= 0.6 is 0 Å². The van der Waals surface area contributed by atoms with Crippen molar-refractivity contribution < 1.29 is 14.4 Å². The van der Waals surface area contributed by atoms with Gasteiger partial charge in [-0.3, -0.25) is 19.8 Å². The Kier molecular flexibility index (Phi) is 4.29. The minimum atomic E-state index is -0.181. The number of piperazine rings is 1. The molecular formula is C16H20N4O3. The average molecular weight is 316 g/mol. The molecule has 2 heterocycles. The lowest BCUT2D eigenvalue weighted by Gasteiger charge is -2.34. The van der Waals surface area contributed by atoms with Crippen molar-refractivity contribution in [1.82, 2.24) is 15.6 Å². The Balaban J connectivity index is 1.75. The third-order valence-electron chi connectivity index (χ3n) is 4.19. The lowest BCUT2D eigenvalue weighted by atomic mass is 10.1. The number of hydrazine groups is 1. The minimum absolute atomic E-state index is 0.0143. The van der Waals surface area contributed by atoms with Gasteiger partial charge in [0.2, 0.25) is 11.8 Å². The Morgan fingerprint density at radius 3 is 2.61 bits per heavy atom. The molecule has 3 amide bonds. The van der Waals surface area contributed by atoms with Crippen molar-refractivity contribution in [2.24, 2.45) is 0 Å². The molecule has 0 radical (unpaired) electrons. The van der Waals surface area contributed by atoms with Gasteiger partial charge in [-0.1, -0.05) is 0 Å². The summed E-state index contributed by atoms with van der Waals surface area (Å²) in [6, 6.07) is 6.91. The van der Waals surface area contributed by atoms with Gasteiger partial charge in [0.15, 0.2) is 0 Å². The van der Waals surface area contributed by atoms with Crippen molar-refractivity contribution in [3.63, 3.8) is 0 Å². The van der Waals surface area contributed by atoms with Gasteiger partial charge in [-0.2, -0.15) is 0 Å². The Hall–Kier alpha value is -2.41. The first kappa shape index (κ1) is 15.5. The minimum Gasteiger partial charge on any atom is -0.333 e. The molecule has 7 nitrogen and oxygen atoms in total. The van der Waals surface area contributed by atoms with Crippen LogP contribution in [0, 0.1) is 0 Å². The summed E-state index contributed by atoms with van der Waals surface area (Å²) in [7, 11) is 0. The molecule has 1 atom stereocenters. The van der Waals surface area contributed by atoms with Crippen LogP contribution in [0.4, 0.5) is 5.69 Å². The number of benzene rings is 1. The van der Waals surface area contributed by atoms with Crippen LogP contribution in [0.25, 0.3) is 0 Å². The van der Waals surface area contributed by atoms with E-state index in [1.807, 2.05) is 11.8 Å². The number of amides is 3. The molecule has 0 aliphatic carbocycles. The van der Waals surface area contributed by atoms with E-state index in [9.17, 15) is 14.4 Å². The molecule has 7 heteroatoms. The maximum absolute atomic E-state index is 12.6. The highest BCUT2D eigenvalue weighted by atomic mass is 16.2. The summed E-state index contributed by atoms with van der Waals surface area (Å²) in [5.41, 5.74) is 3.69. The Morgan fingerprint density at radius 1 is 1.17 bits per heavy atom. The van der Waals surface area contributed by atoms with Gasteiger partial charge in [0.05, 0.1) is 5.69 Å². The molecule has 0 spiro atoms. The van der Waals surface area contributed by atoms with E-state index in [4.69, 9.17) is 0 Å². The van der Waals surface area contributed by atoms with Crippen molar-refractivity contribution in [2.45, 2.75) is 25.8 Å². The molecule has 1 aromatic carbocycles. The molecule has 2 saturated heterocycles. The highest BCUT2D eigenvalue weighted by Gasteiger charge is 2.26. The number of carbonyl (C=O) groups is 3. The molecule has 0 aromatic heterocycles. The highest BCUT2D eigenvalue weighted by molar-refractivity contribution is 6.01. The van der Waals surface area contributed by atoms with Crippen molar-refractivity contribution in [1.29, 1.82) is 0 Å². The van der Waals surface area contributed by atoms with Gasteiger partial charge in [0.1, 0.15) is 0 Å². The van der Waals surface area contributed by atoms with Crippen LogP contribution < -0.4 is 15.8 Å². The molecule has 3 rings (SSSR count). The molecule has 2 aliphatic heterocycles. The van der Waals surface area contributed by atoms with Crippen LogP contribution in [0.3, 0.4) is 0 Å². The SMILES string of the molecule is C[C@H]1CNCCN1C(=O)c1ccc(N2NC(=O)CCC2=O)cc1. The summed E-state index contributed by atoms with van der Waals surface area (Å²) in [5.74, 6) is -0.349. The third kappa shape index (κ3) is 3.19. The molecule has 2 aliphatic rings. The van der Waals surface area contributed by atoms with Crippen LogP contribution in [0.1, 0.15) is 30.1 Å². The van der Waals surface area contributed by atoms with Crippen LogP contribution in [0.15, 0.2) is 24.3 Å². The Morgan fingerprint density at radius 2 is 1.91 bits per heavy atom. The fourth-order valence-electron chi connectivity index (χ4n) is 2.85. The molecule has 23 heavy (non-hydrogen) atoms. The van der Waals surface area contributed by atoms with Crippen molar-refractivity contribution >= 4 is 23.4 Å². The van der Waals surface area contributed by atoms with Crippen molar-refractivity contribution in [2.75, 3.05) is 24.6 Å². The molecular weight excluding hydrogens is 296 g/mol. The second kappa shape index (κ2) is 6.37. The van der Waals surface area contributed by atoms with Crippen LogP contribution in [-0.4, -0.2) is 48.3 Å². The number of carbonyl (C=O) groups excluding carboxylic acids is 3. The van der Waals surface area contributed by atoms with Gasteiger partial charge in [-0.15, -0.1) is 0 Å². The van der Waals surface area contributed by atoms with E-state index in [0.717, 1.165) is 13.1 Å². The summed E-state index contributed by atoms with van der Waals surface area (Å²) in [4.78, 5) is 37.7. The Bertz CT molecular complexity index is 629. The number of hydrogen-bond donors (Lipinski definition) is 2. The van der Waals surface area contributed by atoms with Gasteiger partial charge < -0.3 is 10.2 Å². The first-order valence-corrected chi connectivity index (χ1v) is 7.80. The maximum Gasteiger partial charge on any atom is 0.254 e. The quantitative estimate of drug-likeness (QED) is 0.821. The van der Waals surface area contributed by atoms with E-state index in [1.165, 1.54) is 5.01 Å². The summed E-state index contributed by atoms with van der Waals surface area (Å²) < 4.78 is 0. The second-order valence-corrected chi connectivity index (χ2v) is 5.86. The van der Waals surface area contributed by atoms with Crippen molar-refractivity contribution in [3.8, 4) is 0 Å². The zero-order valence-corrected chi connectivity index (χ0v) is 13.0. The summed E-state index contributed by atoms with van der Waals surface area (Å²) in [5, 5.41) is 4.50. The predicted molar refractivity (Wildman–Crippen MR) is 84.7 cm³/mol. The summed E-state index contributed by atoms with van der Waals surface area (Å²) >= 11 is 0. The second-order valence-electron chi connectivity index (χ2n) is 5.86. The van der Waals surface area contributed by atoms with Gasteiger partial charge in [0.25, 0.3) is 5.91 Å². The van der Waals surface area contributed by atoms with E-state index in [-0.39, 0.29) is 36.6 Å². The van der Waals surface area contributed by atoms with E-state index >= 15 is 0 Å². The topological polar surface area (TPSA) is 81.8 Å². The number of hydrogen-bond acceptors (Lipinski definition) is 4. The first-order chi connectivity index (χ1) is 11.1. The lowest BCUT2D eigenvalue weighted by molar-refractivity contribution is -0.130. The largest absolute Gasteiger partial charge is 0.333 e.